The monoisotopic (exact) mass is 418 g/mol. The lowest BCUT2D eigenvalue weighted by molar-refractivity contribution is -0.401. The molecule has 4 rings (SSSR count). The molecule has 0 spiro atoms. The van der Waals surface area contributed by atoms with Gasteiger partial charge in [-0.2, -0.15) is 4.58 Å². The van der Waals surface area contributed by atoms with Gasteiger partial charge in [-0.15, -0.1) is 0 Å². The zero-order chi connectivity index (χ0) is 22.9. The fourth-order valence-electron chi connectivity index (χ4n) is 4.98. The van der Waals surface area contributed by atoms with Crippen LogP contribution in [0.15, 0.2) is 48.2 Å². The van der Waals surface area contributed by atoms with Gasteiger partial charge in [-0.25, -0.2) is 4.79 Å². The minimum Gasteiger partial charge on any atom is -0.545 e. The molecule has 0 unspecified atom stereocenters. The number of fused-ring (bicyclic) bond motifs is 2. The van der Waals surface area contributed by atoms with Crippen molar-refractivity contribution in [1.82, 2.24) is 0 Å². The summed E-state index contributed by atoms with van der Waals surface area (Å²) in [4.78, 5) is 25.0. The van der Waals surface area contributed by atoms with Gasteiger partial charge in [0.1, 0.15) is 7.05 Å². The molecular formula is C25H26N2O4. The van der Waals surface area contributed by atoms with Crippen LogP contribution in [0.25, 0.3) is 0 Å². The van der Waals surface area contributed by atoms with Crippen LogP contribution in [0.2, 0.25) is 0 Å². The van der Waals surface area contributed by atoms with E-state index in [-0.39, 0.29) is 11.1 Å². The first kappa shape index (κ1) is 20.8. The van der Waals surface area contributed by atoms with E-state index in [9.17, 15) is 19.8 Å². The van der Waals surface area contributed by atoms with E-state index in [1.807, 2.05) is 26.2 Å². The van der Waals surface area contributed by atoms with Crippen molar-refractivity contribution >= 4 is 29.0 Å². The molecule has 2 aliphatic heterocycles. The maximum Gasteiger partial charge on any atom is 0.335 e. The number of likely N-dealkylation sites (N-methyl/N-ethyl adjacent to an activating group) is 1. The molecule has 2 aromatic carbocycles. The molecule has 6 heteroatoms. The van der Waals surface area contributed by atoms with Gasteiger partial charge in [-0.05, 0) is 55.3 Å². The highest BCUT2D eigenvalue weighted by Gasteiger charge is 2.46. The number of hydrogen-bond acceptors (Lipinski definition) is 4. The maximum absolute atomic E-state index is 11.5. The molecule has 160 valence electrons. The molecule has 2 aliphatic rings. The predicted octanol–water partition coefficient (Wildman–Crippen LogP) is 3.07. The number of rotatable bonds is 3. The van der Waals surface area contributed by atoms with Crippen LogP contribution in [0.1, 0.15) is 59.5 Å². The van der Waals surface area contributed by atoms with E-state index in [1.165, 1.54) is 0 Å². The minimum absolute atomic E-state index is 0.168. The summed E-state index contributed by atoms with van der Waals surface area (Å²) in [7, 11) is 3.97. The summed E-state index contributed by atoms with van der Waals surface area (Å²) in [6.07, 6.45) is 2.15. The summed E-state index contributed by atoms with van der Waals surface area (Å²) in [5.41, 5.74) is 5.57. The second-order valence-electron chi connectivity index (χ2n) is 9.34. The summed E-state index contributed by atoms with van der Waals surface area (Å²) >= 11 is 0. The van der Waals surface area contributed by atoms with Crippen LogP contribution in [-0.4, -0.2) is 41.4 Å². The molecule has 0 fully saturated rings. The third-order valence-corrected chi connectivity index (χ3v) is 6.82. The Hall–Kier alpha value is -3.41. The Kier molecular flexibility index (Phi) is 4.40. The zero-order valence-electron chi connectivity index (χ0n) is 18.6. The van der Waals surface area contributed by atoms with Crippen LogP contribution < -0.4 is 10.0 Å². The largest absolute Gasteiger partial charge is 0.545 e. The normalized spacial score (nSPS) is 19.5. The van der Waals surface area contributed by atoms with Gasteiger partial charge in [0.15, 0.2) is 5.71 Å². The van der Waals surface area contributed by atoms with Gasteiger partial charge in [-0.3, -0.25) is 0 Å². The quantitative estimate of drug-likeness (QED) is 0.775. The fourth-order valence-corrected chi connectivity index (χ4v) is 4.98. The Bertz CT molecular complexity index is 1220. The number of benzene rings is 2. The Morgan fingerprint density at radius 2 is 1.61 bits per heavy atom. The summed E-state index contributed by atoms with van der Waals surface area (Å²) in [5, 5.41) is 20.8. The molecule has 6 nitrogen and oxygen atoms in total. The van der Waals surface area contributed by atoms with Gasteiger partial charge in [0.05, 0.1) is 16.9 Å². The lowest BCUT2D eigenvalue weighted by atomic mass is 9.78. The highest BCUT2D eigenvalue weighted by molar-refractivity contribution is 6.05. The third-order valence-electron chi connectivity index (χ3n) is 6.82. The highest BCUT2D eigenvalue weighted by atomic mass is 16.4. The number of aromatic carboxylic acids is 2. The molecule has 0 atom stereocenters. The number of carboxylic acids is 2. The van der Waals surface area contributed by atoms with E-state index < -0.39 is 22.8 Å². The van der Waals surface area contributed by atoms with Gasteiger partial charge in [0.25, 0.3) is 0 Å². The number of allylic oxidation sites excluding steroid dienone is 2. The zero-order valence-corrected chi connectivity index (χ0v) is 18.6. The molecule has 1 N–H and O–H groups in total. The minimum atomic E-state index is -1.19. The van der Waals surface area contributed by atoms with Crippen molar-refractivity contribution in [3.8, 4) is 0 Å². The molecule has 0 aromatic heterocycles. The first-order chi connectivity index (χ1) is 14.4. The van der Waals surface area contributed by atoms with E-state index in [2.05, 4.69) is 43.2 Å². The van der Waals surface area contributed by atoms with Crippen LogP contribution in [-0.2, 0) is 10.8 Å². The van der Waals surface area contributed by atoms with E-state index in [1.54, 1.807) is 24.3 Å². The number of carbonyl (C=O) groups is 2. The average molecular weight is 418 g/mol. The second-order valence-corrected chi connectivity index (χ2v) is 9.34. The molecule has 0 radical (unpaired) electrons. The molecule has 31 heavy (non-hydrogen) atoms. The van der Waals surface area contributed by atoms with Crippen molar-refractivity contribution in [3.63, 3.8) is 0 Å². The molecule has 0 saturated carbocycles. The number of carboxylic acid groups (broad SMARTS) is 2. The van der Waals surface area contributed by atoms with Gasteiger partial charge in [0, 0.05) is 41.6 Å². The van der Waals surface area contributed by atoms with Gasteiger partial charge in [-0.1, -0.05) is 13.8 Å². The van der Waals surface area contributed by atoms with Crippen LogP contribution in [0.5, 0.6) is 0 Å². The van der Waals surface area contributed by atoms with E-state index in [4.69, 9.17) is 0 Å². The molecule has 0 amide bonds. The predicted molar refractivity (Wildman–Crippen MR) is 118 cm³/mol. The number of carbonyl (C=O) groups excluding carboxylic acids is 1. The van der Waals surface area contributed by atoms with Gasteiger partial charge < -0.3 is 19.9 Å². The molecule has 2 heterocycles. The standard InChI is InChI=1S/C25H26N2O4/c1-24(2)16-11-14(22(28)29)7-9-18(16)26(5)20(24)13-21-25(3,4)17-12-15(23(30)31)8-10-19(17)27(21)6/h7-13H,1-6H3,(H-,28,29,30,31). The van der Waals surface area contributed by atoms with Crippen LogP contribution >= 0.6 is 0 Å². The Labute approximate surface area is 181 Å². The SMILES string of the molecule is CN1C(=CC2=[N+](C)c3ccc(C(=O)[O-])cc3C2(C)C)C(C)(C)c2cc(C(=O)O)ccc21. The fraction of sp³-hybridized carbons (Fsp3) is 0.320. The second kappa shape index (κ2) is 6.54. The van der Waals surface area contributed by atoms with Crippen molar-refractivity contribution < 1.29 is 24.4 Å². The summed E-state index contributed by atoms with van der Waals surface area (Å²) in [5.74, 6) is -2.13. The Balaban J connectivity index is 1.85. The first-order valence-corrected chi connectivity index (χ1v) is 10.2. The van der Waals surface area contributed by atoms with E-state index in [0.717, 1.165) is 33.9 Å². The first-order valence-electron chi connectivity index (χ1n) is 10.2. The lowest BCUT2D eigenvalue weighted by Gasteiger charge is -2.25. The van der Waals surface area contributed by atoms with Crippen molar-refractivity contribution in [2.24, 2.45) is 0 Å². The van der Waals surface area contributed by atoms with Crippen molar-refractivity contribution in [1.29, 1.82) is 0 Å². The average Bonchev–Trinajstić information content (AvgIpc) is 3.01. The third kappa shape index (κ3) is 2.89. The molecule has 2 aromatic rings. The van der Waals surface area contributed by atoms with E-state index >= 15 is 0 Å². The van der Waals surface area contributed by atoms with Crippen molar-refractivity contribution in [3.05, 3.63) is 70.4 Å². The van der Waals surface area contributed by atoms with Crippen LogP contribution in [0.4, 0.5) is 11.4 Å². The molecule has 0 saturated heterocycles. The van der Waals surface area contributed by atoms with Crippen LogP contribution in [0.3, 0.4) is 0 Å². The Morgan fingerprint density at radius 3 is 2.23 bits per heavy atom. The topological polar surface area (TPSA) is 83.7 Å². The Morgan fingerprint density at radius 1 is 1.00 bits per heavy atom. The highest BCUT2D eigenvalue weighted by Crippen LogP contribution is 2.48. The molecule has 0 aliphatic carbocycles. The lowest BCUT2D eigenvalue weighted by Crippen LogP contribution is -2.31. The summed E-state index contributed by atoms with van der Waals surface area (Å²) in [6, 6.07) is 10.3. The van der Waals surface area contributed by atoms with E-state index in [0.29, 0.717) is 0 Å². The number of nitrogens with zero attached hydrogens (tertiary/aromatic N) is 2. The molecule has 0 bridgehead atoms. The molecular weight excluding hydrogens is 392 g/mol. The smallest absolute Gasteiger partial charge is 0.335 e. The van der Waals surface area contributed by atoms with Gasteiger partial charge >= 0.3 is 5.97 Å². The van der Waals surface area contributed by atoms with Crippen LogP contribution in [0, 0.1) is 0 Å². The summed E-state index contributed by atoms with van der Waals surface area (Å²) in [6.45, 7) is 8.35. The summed E-state index contributed by atoms with van der Waals surface area (Å²) < 4.78 is 2.09. The number of anilines is 1. The van der Waals surface area contributed by atoms with Gasteiger partial charge in [0.2, 0.25) is 5.69 Å². The number of hydrogen-bond donors (Lipinski definition) is 1. The maximum atomic E-state index is 11.5. The van der Waals surface area contributed by atoms with Crippen molar-refractivity contribution in [2.45, 2.75) is 38.5 Å². The van der Waals surface area contributed by atoms with Crippen molar-refractivity contribution in [2.75, 3.05) is 19.0 Å².